The van der Waals surface area contributed by atoms with Gasteiger partial charge in [0.15, 0.2) is 5.82 Å². The molecule has 0 bridgehead atoms. The molecule has 3 heterocycles. The number of nitrogens with one attached hydrogen (secondary N) is 1. The van der Waals surface area contributed by atoms with Gasteiger partial charge < -0.3 is 24.1 Å². The molecule has 1 aliphatic carbocycles. The molecule has 0 saturated heterocycles. The Morgan fingerprint density at radius 2 is 1.93 bits per heavy atom. The van der Waals surface area contributed by atoms with Crippen LogP contribution in [0.4, 0.5) is 4.79 Å². The molecule has 0 spiro atoms. The largest absolute Gasteiger partial charge is 0.444 e. The number of para-hydroxylation sites is 1. The van der Waals surface area contributed by atoms with E-state index in [-0.39, 0.29) is 11.9 Å². The highest BCUT2D eigenvalue weighted by Crippen LogP contribution is 2.37. The minimum Gasteiger partial charge on any atom is -0.444 e. The van der Waals surface area contributed by atoms with E-state index in [0.29, 0.717) is 25.1 Å². The summed E-state index contributed by atoms with van der Waals surface area (Å²) in [5, 5.41) is 4.16. The topological polar surface area (TPSA) is 81.4 Å². The number of imidazole rings is 1. The number of hydrogen-bond acceptors (Lipinski definition) is 4. The molecule has 4 aromatic rings. The van der Waals surface area contributed by atoms with Gasteiger partial charge in [-0.05, 0) is 82.2 Å². The van der Waals surface area contributed by atoms with Crippen LogP contribution in [0.1, 0.15) is 62.9 Å². The molecule has 6 rings (SSSR count). The van der Waals surface area contributed by atoms with Crippen LogP contribution in [0, 0.1) is 5.92 Å². The lowest BCUT2D eigenvalue weighted by atomic mass is 9.97. The van der Waals surface area contributed by atoms with E-state index in [9.17, 15) is 9.59 Å². The Morgan fingerprint density at radius 3 is 2.65 bits per heavy atom. The third kappa shape index (κ3) is 5.07. The number of rotatable bonds is 7. The molecule has 40 heavy (non-hydrogen) atoms. The van der Waals surface area contributed by atoms with Gasteiger partial charge in [0.25, 0.3) is 5.91 Å². The maximum atomic E-state index is 13.6. The van der Waals surface area contributed by atoms with Crippen LogP contribution in [-0.2, 0) is 24.8 Å². The predicted octanol–water partition coefficient (Wildman–Crippen LogP) is 5.91. The van der Waals surface area contributed by atoms with Gasteiger partial charge >= 0.3 is 6.09 Å². The molecular weight excluding hydrogens is 502 g/mol. The first kappa shape index (κ1) is 26.4. The second-order valence-corrected chi connectivity index (χ2v) is 12.4. The Bertz CT molecular complexity index is 1600. The summed E-state index contributed by atoms with van der Waals surface area (Å²) in [5.74, 6) is 1.64. The quantitative estimate of drug-likeness (QED) is 0.316. The molecule has 1 aliphatic heterocycles. The van der Waals surface area contributed by atoms with Gasteiger partial charge in [-0.3, -0.25) is 4.79 Å². The SMILES string of the molecule is CC[C@H](CN1CCc2cc3c(cc2C1=O)nc(-c1cc2ccccc2n1CC1CC1)n3C)NC(=O)OC(C)(C)C. The van der Waals surface area contributed by atoms with Gasteiger partial charge in [0.05, 0.1) is 16.7 Å². The van der Waals surface area contributed by atoms with Crippen LogP contribution in [-0.4, -0.2) is 55.8 Å². The lowest BCUT2D eigenvalue weighted by molar-refractivity contribution is 0.0475. The van der Waals surface area contributed by atoms with Gasteiger partial charge in [0.1, 0.15) is 5.60 Å². The Morgan fingerprint density at radius 1 is 1.15 bits per heavy atom. The first-order chi connectivity index (χ1) is 19.1. The monoisotopic (exact) mass is 541 g/mol. The smallest absolute Gasteiger partial charge is 0.407 e. The zero-order valence-electron chi connectivity index (χ0n) is 24.2. The van der Waals surface area contributed by atoms with Crippen molar-refractivity contribution in [3.8, 4) is 11.5 Å². The zero-order chi connectivity index (χ0) is 28.2. The van der Waals surface area contributed by atoms with Gasteiger partial charge in [-0.1, -0.05) is 25.1 Å². The van der Waals surface area contributed by atoms with E-state index in [1.807, 2.05) is 38.7 Å². The standard InChI is InChI=1S/C32H39N5O3/c1-6-23(33-31(39)40-32(2,3)4)19-36-14-13-21-15-27-25(17-24(21)30(36)38)34-29(35(27)5)28-16-22-9-7-8-10-26(22)37(28)18-20-11-12-20/h7-10,15-17,20,23H,6,11-14,18-19H2,1-5H3,(H,33,39)/t23-/m1/s1. The van der Waals surface area contributed by atoms with Crippen molar-refractivity contribution in [2.24, 2.45) is 13.0 Å². The molecule has 1 saturated carbocycles. The number of fused-ring (bicyclic) bond motifs is 3. The van der Waals surface area contributed by atoms with Gasteiger partial charge in [0.2, 0.25) is 0 Å². The summed E-state index contributed by atoms with van der Waals surface area (Å²) >= 11 is 0. The van der Waals surface area contributed by atoms with Crippen molar-refractivity contribution in [2.75, 3.05) is 13.1 Å². The normalized spacial score (nSPS) is 16.4. The molecule has 1 fully saturated rings. The van der Waals surface area contributed by atoms with Gasteiger partial charge in [-0.25, -0.2) is 9.78 Å². The lowest BCUT2D eigenvalue weighted by Crippen LogP contribution is -2.48. The molecule has 1 N–H and O–H groups in total. The Balaban J connectivity index is 1.29. The van der Waals surface area contributed by atoms with Gasteiger partial charge in [-0.2, -0.15) is 0 Å². The molecule has 2 amide bonds. The number of benzene rings is 2. The molecule has 0 unspecified atom stereocenters. The van der Waals surface area contributed by atoms with Crippen molar-refractivity contribution in [3.63, 3.8) is 0 Å². The van der Waals surface area contributed by atoms with E-state index in [2.05, 4.69) is 57.9 Å². The van der Waals surface area contributed by atoms with Crippen molar-refractivity contribution < 1.29 is 14.3 Å². The maximum absolute atomic E-state index is 13.6. The fourth-order valence-electron chi connectivity index (χ4n) is 5.79. The first-order valence-corrected chi connectivity index (χ1v) is 14.5. The number of carbonyl (C=O) groups is 2. The van der Waals surface area contributed by atoms with Crippen LogP contribution in [0.15, 0.2) is 42.5 Å². The van der Waals surface area contributed by atoms with Crippen LogP contribution in [0.25, 0.3) is 33.5 Å². The van der Waals surface area contributed by atoms with E-state index >= 15 is 0 Å². The number of aromatic nitrogens is 3. The Kier molecular flexibility index (Phi) is 6.59. The number of ether oxygens (including phenoxy) is 1. The summed E-state index contributed by atoms with van der Waals surface area (Å²) in [6, 6.07) is 14.7. The van der Waals surface area contributed by atoms with Gasteiger partial charge in [-0.15, -0.1) is 0 Å². The van der Waals surface area contributed by atoms with Crippen molar-refractivity contribution >= 4 is 33.9 Å². The van der Waals surface area contributed by atoms with E-state index in [0.717, 1.165) is 47.0 Å². The van der Waals surface area contributed by atoms with Crippen molar-refractivity contribution in [3.05, 3.63) is 53.6 Å². The van der Waals surface area contributed by atoms with E-state index in [1.54, 1.807) is 0 Å². The van der Waals surface area contributed by atoms with E-state index in [1.165, 1.54) is 23.7 Å². The average Bonchev–Trinajstić information content (AvgIpc) is 3.58. The number of nitrogens with zero attached hydrogens (tertiary/aromatic N) is 4. The van der Waals surface area contributed by atoms with Crippen LogP contribution in [0.2, 0.25) is 0 Å². The zero-order valence-corrected chi connectivity index (χ0v) is 24.2. The Hall–Kier alpha value is -3.81. The van der Waals surface area contributed by atoms with Crippen molar-refractivity contribution in [2.45, 2.75) is 71.6 Å². The minimum absolute atomic E-state index is 0.0114. The summed E-state index contributed by atoms with van der Waals surface area (Å²) in [6.45, 7) is 9.60. The molecule has 1 atom stereocenters. The fourth-order valence-corrected chi connectivity index (χ4v) is 5.79. The third-order valence-electron chi connectivity index (χ3n) is 8.11. The molecule has 8 heteroatoms. The average molecular weight is 542 g/mol. The number of carbonyl (C=O) groups excluding carboxylic acids is 2. The van der Waals surface area contributed by atoms with Crippen LogP contribution >= 0.6 is 0 Å². The van der Waals surface area contributed by atoms with Crippen LogP contribution in [0.3, 0.4) is 0 Å². The van der Waals surface area contributed by atoms with E-state index < -0.39 is 11.7 Å². The highest BCUT2D eigenvalue weighted by Gasteiger charge is 2.30. The van der Waals surface area contributed by atoms with Crippen molar-refractivity contribution in [1.29, 1.82) is 0 Å². The minimum atomic E-state index is -0.568. The van der Waals surface area contributed by atoms with Crippen LogP contribution in [0.5, 0.6) is 0 Å². The summed E-state index contributed by atoms with van der Waals surface area (Å²) in [6.07, 6.45) is 3.58. The van der Waals surface area contributed by atoms with Crippen molar-refractivity contribution in [1.82, 2.24) is 24.3 Å². The van der Waals surface area contributed by atoms with Gasteiger partial charge in [0, 0.05) is 49.2 Å². The van der Waals surface area contributed by atoms with E-state index in [4.69, 9.17) is 9.72 Å². The summed E-state index contributed by atoms with van der Waals surface area (Å²) in [5.41, 5.74) is 5.42. The maximum Gasteiger partial charge on any atom is 0.407 e. The third-order valence-corrected chi connectivity index (χ3v) is 8.11. The molecule has 2 aromatic carbocycles. The fraction of sp³-hybridized carbons (Fsp3) is 0.469. The predicted molar refractivity (Wildman–Crippen MR) is 157 cm³/mol. The molecule has 210 valence electrons. The molecular formula is C32H39N5O3. The number of hydrogen-bond donors (Lipinski definition) is 1. The second kappa shape index (κ2) is 9.98. The Labute approximate surface area is 235 Å². The number of aryl methyl sites for hydroxylation is 1. The highest BCUT2D eigenvalue weighted by molar-refractivity contribution is 6.00. The molecule has 2 aromatic heterocycles. The second-order valence-electron chi connectivity index (χ2n) is 12.4. The molecule has 8 nitrogen and oxygen atoms in total. The molecule has 0 radical (unpaired) electrons. The number of amides is 2. The first-order valence-electron chi connectivity index (χ1n) is 14.5. The lowest BCUT2D eigenvalue weighted by Gasteiger charge is -2.32. The number of alkyl carbamates (subject to hydrolysis) is 1. The highest BCUT2D eigenvalue weighted by atomic mass is 16.6. The van der Waals surface area contributed by atoms with Crippen LogP contribution < -0.4 is 5.32 Å². The summed E-state index contributed by atoms with van der Waals surface area (Å²) < 4.78 is 10.0. The summed E-state index contributed by atoms with van der Waals surface area (Å²) in [7, 11) is 2.07. The summed E-state index contributed by atoms with van der Waals surface area (Å²) in [4.78, 5) is 32.9. The molecule has 2 aliphatic rings.